The number of ether oxygens (including phenoxy) is 1. The summed E-state index contributed by atoms with van der Waals surface area (Å²) in [4.78, 5) is 15.2. The van der Waals surface area contributed by atoms with Crippen molar-refractivity contribution in [3.8, 4) is 11.5 Å². The fourth-order valence-electron chi connectivity index (χ4n) is 1.93. The predicted octanol–water partition coefficient (Wildman–Crippen LogP) is 3.54. The van der Waals surface area contributed by atoms with Crippen molar-refractivity contribution in [3.63, 3.8) is 0 Å². The number of benzene rings is 1. The molecule has 0 aliphatic carbocycles. The predicted molar refractivity (Wildman–Crippen MR) is 88.9 cm³/mol. The van der Waals surface area contributed by atoms with Gasteiger partial charge in [-0.3, -0.25) is 9.78 Å². The molecule has 1 aromatic heterocycles. The summed E-state index contributed by atoms with van der Waals surface area (Å²) in [6, 6.07) is 11.1. The number of aromatic nitrogens is 1. The summed E-state index contributed by atoms with van der Waals surface area (Å²) >= 11 is 8.13. The lowest BCUT2D eigenvalue weighted by Gasteiger charge is -2.22. The van der Waals surface area contributed by atoms with Crippen molar-refractivity contribution in [2.45, 2.75) is 12.5 Å². The van der Waals surface area contributed by atoms with E-state index in [1.165, 1.54) is 0 Å². The van der Waals surface area contributed by atoms with Crippen molar-refractivity contribution in [3.05, 3.63) is 54.4 Å². The maximum atomic E-state index is 11.2. The van der Waals surface area contributed by atoms with Crippen LogP contribution in [0.5, 0.6) is 11.5 Å². The van der Waals surface area contributed by atoms with Gasteiger partial charge in [-0.05, 0) is 36.9 Å². The number of carbonyl (C=O) groups is 1. The van der Waals surface area contributed by atoms with Gasteiger partial charge in [0.25, 0.3) is 0 Å². The van der Waals surface area contributed by atoms with Crippen molar-refractivity contribution in [2.24, 2.45) is 0 Å². The highest BCUT2D eigenvalue weighted by Crippen LogP contribution is 2.28. The van der Waals surface area contributed by atoms with Crippen LogP contribution >= 0.6 is 25.4 Å². The average Bonchev–Trinajstić information content (AvgIpc) is 2.46. The summed E-state index contributed by atoms with van der Waals surface area (Å²) in [7, 11) is 1.81. The second-order valence-electron chi connectivity index (χ2n) is 4.55. The van der Waals surface area contributed by atoms with Gasteiger partial charge in [0.1, 0.15) is 11.5 Å². The summed E-state index contributed by atoms with van der Waals surface area (Å²) < 4.78 is 7.38. The Kier molecular flexibility index (Phi) is 5.67. The second kappa shape index (κ2) is 7.49. The minimum atomic E-state index is -0.170. The first-order chi connectivity index (χ1) is 10.1. The zero-order valence-electron chi connectivity index (χ0n) is 11.5. The fraction of sp³-hybridized carbons (Fsp3) is 0.200. The van der Waals surface area contributed by atoms with Gasteiger partial charge < -0.3 is 4.74 Å². The summed E-state index contributed by atoms with van der Waals surface area (Å²) in [6.45, 7) is 0. The Morgan fingerprint density at radius 1 is 1.29 bits per heavy atom. The van der Waals surface area contributed by atoms with E-state index >= 15 is 0 Å². The average molecular weight is 320 g/mol. The van der Waals surface area contributed by atoms with E-state index in [1.54, 1.807) is 16.7 Å². The molecule has 6 heteroatoms. The Bertz CT molecular complexity index is 588. The summed E-state index contributed by atoms with van der Waals surface area (Å²) in [6.07, 6.45) is 3.64. The number of thiol groups is 2. The SMILES string of the molecule is CN(S)C(CC(=O)S)c1ccc(Oc2cccnc2)cc1. The van der Waals surface area contributed by atoms with Gasteiger partial charge in [0.15, 0.2) is 5.12 Å². The molecule has 4 nitrogen and oxygen atoms in total. The van der Waals surface area contributed by atoms with Gasteiger partial charge in [-0.15, -0.1) is 12.6 Å². The minimum Gasteiger partial charge on any atom is -0.456 e. The van der Waals surface area contributed by atoms with Crippen molar-refractivity contribution < 1.29 is 9.53 Å². The highest BCUT2D eigenvalue weighted by molar-refractivity contribution is 7.96. The highest BCUT2D eigenvalue weighted by atomic mass is 32.1. The van der Waals surface area contributed by atoms with E-state index < -0.39 is 0 Å². The van der Waals surface area contributed by atoms with E-state index in [0.29, 0.717) is 17.9 Å². The smallest absolute Gasteiger partial charge is 0.187 e. The van der Waals surface area contributed by atoms with Crippen LogP contribution in [0, 0.1) is 0 Å². The van der Waals surface area contributed by atoms with Crippen LogP contribution in [-0.2, 0) is 4.79 Å². The topological polar surface area (TPSA) is 42.4 Å². The molecule has 0 radical (unpaired) electrons. The Morgan fingerprint density at radius 3 is 2.52 bits per heavy atom. The van der Waals surface area contributed by atoms with E-state index in [2.05, 4.69) is 30.4 Å². The molecule has 1 heterocycles. The lowest BCUT2D eigenvalue weighted by atomic mass is 10.0. The molecular weight excluding hydrogens is 304 g/mol. The molecule has 21 heavy (non-hydrogen) atoms. The number of hydrogen-bond donors (Lipinski definition) is 2. The maximum absolute atomic E-state index is 11.2. The fourth-order valence-corrected chi connectivity index (χ4v) is 2.32. The lowest BCUT2D eigenvalue weighted by Crippen LogP contribution is -2.17. The first-order valence-electron chi connectivity index (χ1n) is 6.37. The molecule has 110 valence electrons. The molecule has 0 aliphatic rings. The van der Waals surface area contributed by atoms with Gasteiger partial charge in [0, 0.05) is 12.6 Å². The molecular formula is C15H16N2O2S2. The molecule has 0 N–H and O–H groups in total. The van der Waals surface area contributed by atoms with Gasteiger partial charge in [0.05, 0.1) is 12.2 Å². The largest absolute Gasteiger partial charge is 0.456 e. The molecule has 0 aliphatic heterocycles. The standard InChI is InChI=1S/C15H16N2O2S2/c1-17(21)14(9-15(18)20)11-4-6-12(7-5-11)19-13-3-2-8-16-10-13/h2-8,10,14,21H,9H2,1H3,(H,18,20). The Balaban J connectivity index is 2.12. The van der Waals surface area contributed by atoms with Crippen molar-refractivity contribution in [1.29, 1.82) is 0 Å². The van der Waals surface area contributed by atoms with Crippen LogP contribution in [0.3, 0.4) is 0 Å². The lowest BCUT2D eigenvalue weighted by molar-refractivity contribution is -0.111. The van der Waals surface area contributed by atoms with Gasteiger partial charge in [-0.2, -0.15) is 0 Å². The quantitative estimate of drug-likeness (QED) is 0.799. The van der Waals surface area contributed by atoms with Gasteiger partial charge >= 0.3 is 0 Å². The van der Waals surface area contributed by atoms with E-state index in [4.69, 9.17) is 4.74 Å². The molecule has 0 saturated carbocycles. The molecule has 1 unspecified atom stereocenters. The molecule has 0 amide bonds. The van der Waals surface area contributed by atoms with Crippen LogP contribution in [0.15, 0.2) is 48.8 Å². The summed E-state index contributed by atoms with van der Waals surface area (Å²) in [5, 5.41) is -0.170. The molecule has 0 saturated heterocycles. The van der Waals surface area contributed by atoms with Crippen LogP contribution in [0.4, 0.5) is 0 Å². The monoisotopic (exact) mass is 320 g/mol. The zero-order chi connectivity index (χ0) is 15.2. The van der Waals surface area contributed by atoms with Crippen molar-refractivity contribution in [2.75, 3.05) is 7.05 Å². The molecule has 0 spiro atoms. The summed E-state index contributed by atoms with van der Waals surface area (Å²) in [5.74, 6) is 1.39. The molecule has 1 atom stereocenters. The number of rotatable bonds is 6. The van der Waals surface area contributed by atoms with Gasteiger partial charge in [-0.1, -0.05) is 24.9 Å². The number of hydrogen-bond acceptors (Lipinski definition) is 5. The molecule has 2 rings (SSSR count). The molecule has 0 bridgehead atoms. The third-order valence-corrected chi connectivity index (χ3v) is 3.42. The first-order valence-corrected chi connectivity index (χ1v) is 7.22. The van der Waals surface area contributed by atoms with Crippen molar-refractivity contribution in [1.82, 2.24) is 9.29 Å². The molecule has 1 aromatic carbocycles. The van der Waals surface area contributed by atoms with Crippen molar-refractivity contribution >= 4 is 30.6 Å². The van der Waals surface area contributed by atoms with E-state index in [-0.39, 0.29) is 11.2 Å². The highest BCUT2D eigenvalue weighted by Gasteiger charge is 2.17. The van der Waals surface area contributed by atoms with Gasteiger partial charge in [-0.25, -0.2) is 4.31 Å². The third-order valence-electron chi connectivity index (χ3n) is 2.95. The van der Waals surface area contributed by atoms with Crippen LogP contribution in [0.2, 0.25) is 0 Å². The Labute approximate surface area is 135 Å². The van der Waals surface area contributed by atoms with Crippen LogP contribution in [0.25, 0.3) is 0 Å². The van der Waals surface area contributed by atoms with Crippen LogP contribution < -0.4 is 4.74 Å². The van der Waals surface area contributed by atoms with Crippen LogP contribution in [-0.4, -0.2) is 21.5 Å². The van der Waals surface area contributed by atoms with Gasteiger partial charge in [0.2, 0.25) is 0 Å². The molecule has 0 fully saturated rings. The second-order valence-corrected chi connectivity index (χ2v) is 5.68. The van der Waals surface area contributed by atoms with E-state index in [0.717, 1.165) is 5.56 Å². The number of nitrogens with zero attached hydrogens (tertiary/aromatic N) is 2. The van der Waals surface area contributed by atoms with E-state index in [9.17, 15) is 4.79 Å². The summed E-state index contributed by atoms with van der Waals surface area (Å²) in [5.41, 5.74) is 0.980. The number of carbonyl (C=O) groups excluding carboxylic acids is 1. The zero-order valence-corrected chi connectivity index (χ0v) is 13.3. The van der Waals surface area contributed by atoms with E-state index in [1.807, 2.05) is 43.4 Å². The maximum Gasteiger partial charge on any atom is 0.187 e. The first kappa shape index (κ1) is 15.9. The van der Waals surface area contributed by atoms with Crippen LogP contribution in [0.1, 0.15) is 18.0 Å². The Hall–Kier alpha value is -1.50. The normalized spacial score (nSPS) is 12.2. The number of pyridine rings is 1. The Morgan fingerprint density at radius 2 is 2.00 bits per heavy atom. The minimum absolute atomic E-state index is 0.120. The third kappa shape index (κ3) is 4.77. The molecule has 2 aromatic rings.